The zero-order valence-electron chi connectivity index (χ0n) is 12.9. The quantitative estimate of drug-likeness (QED) is 0.861. The maximum atomic E-state index is 12.6. The summed E-state index contributed by atoms with van der Waals surface area (Å²) < 4.78 is 48.4. The van der Waals surface area contributed by atoms with Gasteiger partial charge in [-0.05, 0) is 37.3 Å². The Morgan fingerprint density at radius 3 is 2.54 bits per heavy atom. The van der Waals surface area contributed by atoms with Crippen LogP contribution in [0.25, 0.3) is 0 Å². The van der Waals surface area contributed by atoms with E-state index in [1.54, 1.807) is 24.3 Å². The average molecular weight is 339 g/mol. The average Bonchev–Trinajstić information content (AvgIpc) is 2.54. The molecule has 2 aromatic rings. The van der Waals surface area contributed by atoms with Crippen LogP contribution in [-0.2, 0) is 11.0 Å². The highest BCUT2D eigenvalue weighted by molar-refractivity contribution is 5.93. The molecule has 1 amide bonds. The van der Waals surface area contributed by atoms with E-state index in [1.807, 2.05) is 6.92 Å². The van der Waals surface area contributed by atoms with Crippen LogP contribution in [0.2, 0.25) is 0 Å². The highest BCUT2D eigenvalue weighted by Crippen LogP contribution is 2.31. The smallest absolute Gasteiger partial charge is 0.416 e. The van der Waals surface area contributed by atoms with Gasteiger partial charge in [-0.1, -0.05) is 18.2 Å². The van der Waals surface area contributed by atoms with Crippen molar-refractivity contribution < 1.29 is 27.4 Å². The third-order valence-corrected chi connectivity index (χ3v) is 2.99. The maximum Gasteiger partial charge on any atom is 0.416 e. The Morgan fingerprint density at radius 1 is 1.08 bits per heavy atom. The third-order valence-electron chi connectivity index (χ3n) is 2.99. The summed E-state index contributed by atoms with van der Waals surface area (Å²) in [5, 5.41) is 2.60. The van der Waals surface area contributed by atoms with Crippen LogP contribution in [0.3, 0.4) is 0 Å². The number of hydrogen-bond donors (Lipinski definition) is 1. The number of rotatable bonds is 6. The topological polar surface area (TPSA) is 47.6 Å². The summed E-state index contributed by atoms with van der Waals surface area (Å²) in [6.45, 7) is 1.84. The Labute approximate surface area is 137 Å². The monoisotopic (exact) mass is 339 g/mol. The molecule has 0 atom stereocenters. The van der Waals surface area contributed by atoms with E-state index in [1.165, 1.54) is 12.1 Å². The molecule has 2 rings (SSSR count). The summed E-state index contributed by atoms with van der Waals surface area (Å²) in [5.41, 5.74) is -0.362. The molecule has 0 saturated heterocycles. The second-order valence-corrected chi connectivity index (χ2v) is 4.79. The van der Waals surface area contributed by atoms with Gasteiger partial charge in [0, 0.05) is 0 Å². The minimum Gasteiger partial charge on any atom is -0.492 e. The molecule has 0 saturated carbocycles. The summed E-state index contributed by atoms with van der Waals surface area (Å²) in [6, 6.07) is 11.2. The van der Waals surface area contributed by atoms with Crippen molar-refractivity contribution in [2.45, 2.75) is 13.1 Å². The van der Waals surface area contributed by atoms with Gasteiger partial charge in [-0.15, -0.1) is 0 Å². The number of carbonyl (C=O) groups is 1. The van der Waals surface area contributed by atoms with Gasteiger partial charge in [0.05, 0.1) is 17.9 Å². The van der Waals surface area contributed by atoms with Crippen LogP contribution in [0, 0.1) is 0 Å². The number of ether oxygens (including phenoxy) is 2. The molecule has 0 heterocycles. The Morgan fingerprint density at radius 2 is 1.83 bits per heavy atom. The van der Waals surface area contributed by atoms with Crippen molar-refractivity contribution in [2.75, 3.05) is 18.5 Å². The molecule has 0 fully saturated rings. The van der Waals surface area contributed by atoms with Crippen LogP contribution in [0.5, 0.6) is 11.5 Å². The number of alkyl halides is 3. The number of halogens is 3. The van der Waals surface area contributed by atoms with Crippen LogP contribution in [0.1, 0.15) is 12.5 Å². The molecule has 0 unspecified atom stereocenters. The number of para-hydroxylation sites is 2. The van der Waals surface area contributed by atoms with Crippen molar-refractivity contribution >= 4 is 11.6 Å². The molecule has 0 spiro atoms. The van der Waals surface area contributed by atoms with E-state index in [2.05, 4.69) is 5.32 Å². The van der Waals surface area contributed by atoms with Crippen LogP contribution in [-0.4, -0.2) is 19.1 Å². The SMILES string of the molecule is CCOc1ccccc1NC(=O)COc1cccc(C(F)(F)F)c1. The van der Waals surface area contributed by atoms with Crippen molar-refractivity contribution in [1.82, 2.24) is 0 Å². The van der Waals surface area contributed by atoms with Gasteiger partial charge in [0.1, 0.15) is 11.5 Å². The molecule has 24 heavy (non-hydrogen) atoms. The molecule has 7 heteroatoms. The molecule has 0 aliphatic rings. The van der Waals surface area contributed by atoms with E-state index >= 15 is 0 Å². The molecule has 1 N–H and O–H groups in total. The number of benzene rings is 2. The van der Waals surface area contributed by atoms with Crippen molar-refractivity contribution in [3.8, 4) is 11.5 Å². The number of carbonyl (C=O) groups excluding carboxylic acids is 1. The van der Waals surface area contributed by atoms with Crippen molar-refractivity contribution in [2.24, 2.45) is 0 Å². The molecule has 4 nitrogen and oxygen atoms in total. The highest BCUT2D eigenvalue weighted by Gasteiger charge is 2.30. The summed E-state index contributed by atoms with van der Waals surface area (Å²) in [4.78, 5) is 11.9. The zero-order valence-corrected chi connectivity index (χ0v) is 12.9. The van der Waals surface area contributed by atoms with Gasteiger partial charge in [0.15, 0.2) is 6.61 Å². The summed E-state index contributed by atoms with van der Waals surface area (Å²) in [6.07, 6.45) is -4.46. The van der Waals surface area contributed by atoms with Gasteiger partial charge in [0.25, 0.3) is 5.91 Å². The molecular weight excluding hydrogens is 323 g/mol. The predicted molar refractivity (Wildman–Crippen MR) is 83.2 cm³/mol. The van der Waals surface area contributed by atoms with Crippen LogP contribution in [0.4, 0.5) is 18.9 Å². The lowest BCUT2D eigenvalue weighted by atomic mass is 10.2. The first-order valence-corrected chi connectivity index (χ1v) is 7.22. The van der Waals surface area contributed by atoms with E-state index in [-0.39, 0.29) is 5.75 Å². The second kappa shape index (κ2) is 7.72. The number of hydrogen-bond acceptors (Lipinski definition) is 3. The minimum absolute atomic E-state index is 0.0296. The highest BCUT2D eigenvalue weighted by atomic mass is 19.4. The van der Waals surface area contributed by atoms with E-state index in [0.29, 0.717) is 18.0 Å². The van der Waals surface area contributed by atoms with Gasteiger partial charge < -0.3 is 14.8 Å². The fraction of sp³-hybridized carbons (Fsp3) is 0.235. The van der Waals surface area contributed by atoms with Crippen LogP contribution < -0.4 is 14.8 Å². The Hall–Kier alpha value is -2.70. The van der Waals surface area contributed by atoms with E-state index in [9.17, 15) is 18.0 Å². The predicted octanol–water partition coefficient (Wildman–Crippen LogP) is 4.12. The second-order valence-electron chi connectivity index (χ2n) is 4.79. The minimum atomic E-state index is -4.46. The largest absolute Gasteiger partial charge is 0.492 e. The molecule has 0 aliphatic carbocycles. The lowest BCUT2D eigenvalue weighted by Gasteiger charge is -2.12. The fourth-order valence-electron chi connectivity index (χ4n) is 1.95. The lowest BCUT2D eigenvalue weighted by molar-refractivity contribution is -0.137. The van der Waals surface area contributed by atoms with Crippen molar-refractivity contribution in [3.05, 3.63) is 54.1 Å². The molecule has 128 valence electrons. The Kier molecular flexibility index (Phi) is 5.68. The van der Waals surface area contributed by atoms with Gasteiger partial charge in [-0.2, -0.15) is 13.2 Å². The summed E-state index contributed by atoms with van der Waals surface area (Å²) in [5.74, 6) is -0.0231. The van der Waals surface area contributed by atoms with Crippen molar-refractivity contribution in [3.63, 3.8) is 0 Å². The van der Waals surface area contributed by atoms with E-state index in [0.717, 1.165) is 12.1 Å². The summed E-state index contributed by atoms with van der Waals surface area (Å²) >= 11 is 0. The molecule has 0 bridgehead atoms. The van der Waals surface area contributed by atoms with Gasteiger partial charge in [-0.25, -0.2) is 0 Å². The standard InChI is InChI=1S/C17H16F3NO3/c1-2-23-15-9-4-3-8-14(15)21-16(22)11-24-13-7-5-6-12(10-13)17(18,19)20/h3-10H,2,11H2,1H3,(H,21,22). The first kappa shape index (κ1) is 17.7. The lowest BCUT2D eigenvalue weighted by Crippen LogP contribution is -2.20. The molecular formula is C17H16F3NO3. The van der Waals surface area contributed by atoms with E-state index in [4.69, 9.17) is 9.47 Å². The van der Waals surface area contributed by atoms with Gasteiger partial charge in [0.2, 0.25) is 0 Å². The first-order chi connectivity index (χ1) is 11.4. The van der Waals surface area contributed by atoms with E-state index < -0.39 is 24.3 Å². The number of anilines is 1. The Bertz CT molecular complexity index is 701. The molecule has 0 radical (unpaired) electrons. The fourth-order valence-corrected chi connectivity index (χ4v) is 1.95. The number of amides is 1. The molecule has 0 aromatic heterocycles. The number of nitrogens with one attached hydrogen (secondary N) is 1. The van der Waals surface area contributed by atoms with Gasteiger partial charge in [-0.3, -0.25) is 4.79 Å². The maximum absolute atomic E-state index is 12.6. The summed E-state index contributed by atoms with van der Waals surface area (Å²) in [7, 11) is 0. The van der Waals surface area contributed by atoms with Gasteiger partial charge >= 0.3 is 6.18 Å². The zero-order chi connectivity index (χ0) is 17.6. The first-order valence-electron chi connectivity index (χ1n) is 7.22. The van der Waals surface area contributed by atoms with Crippen LogP contribution >= 0.6 is 0 Å². The van der Waals surface area contributed by atoms with Crippen molar-refractivity contribution in [1.29, 1.82) is 0 Å². The van der Waals surface area contributed by atoms with Crippen LogP contribution in [0.15, 0.2) is 48.5 Å². The Balaban J connectivity index is 1.97. The third kappa shape index (κ3) is 4.91. The molecule has 0 aliphatic heterocycles. The normalized spacial score (nSPS) is 11.0. The molecule has 2 aromatic carbocycles.